The van der Waals surface area contributed by atoms with Crippen LogP contribution in [-0.4, -0.2) is 24.6 Å². The van der Waals surface area contributed by atoms with Gasteiger partial charge in [-0.05, 0) is 42.7 Å². The predicted octanol–water partition coefficient (Wildman–Crippen LogP) is 4.57. The maximum absolute atomic E-state index is 13.7. The number of halogens is 2. The largest absolute Gasteiger partial charge is 0.460 e. The van der Waals surface area contributed by atoms with E-state index >= 15 is 0 Å². The average Bonchev–Trinajstić information content (AvgIpc) is 2.56. The van der Waals surface area contributed by atoms with Gasteiger partial charge < -0.3 is 9.47 Å². The molecule has 1 aliphatic carbocycles. The van der Waals surface area contributed by atoms with Crippen LogP contribution < -0.4 is 0 Å². The molecule has 3 unspecified atom stereocenters. The standard InChI is InChI=1S/C20H26ClFO4/c1-12(2)14-8-7-13(3)9-18(14)26-20(24)11-25-19(23)10-15-16(21)5-4-6-17(15)22/h4-6,12-14,18H,7-11H2,1-3H3. The van der Waals surface area contributed by atoms with Gasteiger partial charge in [-0.1, -0.05) is 44.9 Å². The normalized spacial score (nSPS) is 22.9. The molecule has 4 nitrogen and oxygen atoms in total. The second-order valence-electron chi connectivity index (χ2n) is 7.39. The SMILES string of the molecule is CC1CCC(C(C)C)C(OC(=O)COC(=O)Cc2c(F)cccc2Cl)C1. The molecule has 0 bridgehead atoms. The molecule has 0 heterocycles. The minimum Gasteiger partial charge on any atom is -0.460 e. The van der Waals surface area contributed by atoms with Crippen molar-refractivity contribution in [3.8, 4) is 0 Å². The smallest absolute Gasteiger partial charge is 0.344 e. The van der Waals surface area contributed by atoms with E-state index in [0.29, 0.717) is 17.8 Å². The third-order valence-electron chi connectivity index (χ3n) is 4.98. The number of ether oxygens (including phenoxy) is 2. The molecule has 0 aromatic heterocycles. The first-order valence-electron chi connectivity index (χ1n) is 9.06. The topological polar surface area (TPSA) is 52.6 Å². The Morgan fingerprint density at radius 3 is 2.65 bits per heavy atom. The van der Waals surface area contributed by atoms with E-state index in [1.54, 1.807) is 0 Å². The molecule has 0 radical (unpaired) electrons. The number of rotatable bonds is 6. The molecule has 1 aromatic carbocycles. The second-order valence-corrected chi connectivity index (χ2v) is 7.80. The Bertz CT molecular complexity index is 626. The highest BCUT2D eigenvalue weighted by molar-refractivity contribution is 6.31. The highest BCUT2D eigenvalue weighted by atomic mass is 35.5. The first-order valence-corrected chi connectivity index (χ1v) is 9.43. The van der Waals surface area contributed by atoms with Gasteiger partial charge in [0, 0.05) is 10.6 Å². The van der Waals surface area contributed by atoms with Crippen molar-refractivity contribution in [1.82, 2.24) is 0 Å². The lowest BCUT2D eigenvalue weighted by Gasteiger charge is -2.36. The molecule has 0 amide bonds. The van der Waals surface area contributed by atoms with E-state index in [4.69, 9.17) is 21.1 Å². The lowest BCUT2D eigenvalue weighted by atomic mass is 9.75. The van der Waals surface area contributed by atoms with Crippen LogP contribution in [0.25, 0.3) is 0 Å². The maximum Gasteiger partial charge on any atom is 0.344 e. The van der Waals surface area contributed by atoms with Crippen molar-refractivity contribution in [2.24, 2.45) is 17.8 Å². The van der Waals surface area contributed by atoms with Gasteiger partial charge in [-0.2, -0.15) is 0 Å². The van der Waals surface area contributed by atoms with Crippen LogP contribution in [0, 0.1) is 23.6 Å². The zero-order chi connectivity index (χ0) is 19.3. The zero-order valence-corrected chi connectivity index (χ0v) is 16.2. The Balaban J connectivity index is 1.84. The van der Waals surface area contributed by atoms with Gasteiger partial charge in [0.15, 0.2) is 6.61 Å². The lowest BCUT2D eigenvalue weighted by Crippen LogP contribution is -2.36. The minimum absolute atomic E-state index is 0.0634. The molecule has 1 saturated carbocycles. The van der Waals surface area contributed by atoms with Crippen molar-refractivity contribution in [2.75, 3.05) is 6.61 Å². The summed E-state index contributed by atoms with van der Waals surface area (Å²) in [5, 5.41) is 0.153. The fraction of sp³-hybridized carbons (Fsp3) is 0.600. The van der Waals surface area contributed by atoms with Gasteiger partial charge in [0.1, 0.15) is 11.9 Å². The molecular weight excluding hydrogens is 359 g/mol. The van der Waals surface area contributed by atoms with Crippen LogP contribution in [0.4, 0.5) is 4.39 Å². The quantitative estimate of drug-likeness (QED) is 0.674. The molecule has 0 spiro atoms. The average molecular weight is 385 g/mol. The van der Waals surface area contributed by atoms with Crippen molar-refractivity contribution in [3.05, 3.63) is 34.6 Å². The third-order valence-corrected chi connectivity index (χ3v) is 5.33. The van der Waals surface area contributed by atoms with Crippen LogP contribution in [0.1, 0.15) is 45.6 Å². The van der Waals surface area contributed by atoms with E-state index in [2.05, 4.69) is 20.8 Å². The highest BCUT2D eigenvalue weighted by Gasteiger charge is 2.33. The molecule has 1 fully saturated rings. The first kappa shape index (κ1) is 20.7. The van der Waals surface area contributed by atoms with Crippen LogP contribution in [0.3, 0.4) is 0 Å². The molecule has 3 atom stereocenters. The van der Waals surface area contributed by atoms with E-state index in [0.717, 1.165) is 19.3 Å². The Hall–Kier alpha value is -1.62. The van der Waals surface area contributed by atoms with Gasteiger partial charge in [0.25, 0.3) is 0 Å². The summed E-state index contributed by atoms with van der Waals surface area (Å²) in [6.07, 6.45) is 2.52. The predicted molar refractivity (Wildman–Crippen MR) is 97.3 cm³/mol. The summed E-state index contributed by atoms with van der Waals surface area (Å²) < 4.78 is 24.2. The monoisotopic (exact) mass is 384 g/mol. The molecule has 2 rings (SSSR count). The Kier molecular flexibility index (Phi) is 7.44. The Morgan fingerprint density at radius 1 is 1.27 bits per heavy atom. The molecule has 0 saturated heterocycles. The number of hydrogen-bond donors (Lipinski definition) is 0. The fourth-order valence-corrected chi connectivity index (χ4v) is 3.72. The summed E-state index contributed by atoms with van der Waals surface area (Å²) in [6.45, 7) is 5.93. The van der Waals surface area contributed by atoms with Crippen molar-refractivity contribution in [1.29, 1.82) is 0 Å². The van der Waals surface area contributed by atoms with Crippen LogP contribution >= 0.6 is 11.6 Å². The first-order chi connectivity index (χ1) is 12.3. The summed E-state index contributed by atoms with van der Waals surface area (Å²) >= 11 is 5.89. The summed E-state index contributed by atoms with van der Waals surface area (Å²) in [6, 6.07) is 4.18. The fourth-order valence-electron chi connectivity index (χ4n) is 3.49. The minimum atomic E-state index is -0.716. The van der Waals surface area contributed by atoms with Gasteiger partial charge in [-0.15, -0.1) is 0 Å². The summed E-state index contributed by atoms with van der Waals surface area (Å²) in [4.78, 5) is 24.0. The number of hydrogen-bond acceptors (Lipinski definition) is 4. The molecule has 6 heteroatoms. The summed E-state index contributed by atoms with van der Waals surface area (Å²) in [7, 11) is 0. The Morgan fingerprint density at radius 2 is 2.00 bits per heavy atom. The van der Waals surface area contributed by atoms with E-state index < -0.39 is 24.4 Å². The van der Waals surface area contributed by atoms with Gasteiger partial charge in [-0.25, -0.2) is 9.18 Å². The van der Waals surface area contributed by atoms with Crippen molar-refractivity contribution in [3.63, 3.8) is 0 Å². The van der Waals surface area contributed by atoms with E-state index in [1.807, 2.05) is 0 Å². The molecule has 1 aliphatic rings. The summed E-state index contributed by atoms with van der Waals surface area (Å²) in [5.74, 6) is -0.607. The molecule has 26 heavy (non-hydrogen) atoms. The van der Waals surface area contributed by atoms with Crippen LogP contribution in [0.5, 0.6) is 0 Å². The number of benzene rings is 1. The van der Waals surface area contributed by atoms with E-state index in [9.17, 15) is 14.0 Å². The summed E-state index contributed by atoms with van der Waals surface area (Å²) in [5.41, 5.74) is 0.0634. The lowest BCUT2D eigenvalue weighted by molar-refractivity contribution is -0.166. The maximum atomic E-state index is 13.7. The van der Waals surface area contributed by atoms with Gasteiger partial charge in [-0.3, -0.25) is 4.79 Å². The third kappa shape index (κ3) is 5.70. The Labute approximate surface area is 159 Å². The number of carbonyl (C=O) groups is 2. The van der Waals surface area contributed by atoms with E-state index in [-0.39, 0.29) is 23.1 Å². The van der Waals surface area contributed by atoms with Crippen LogP contribution in [0.2, 0.25) is 5.02 Å². The van der Waals surface area contributed by atoms with Crippen molar-refractivity contribution < 1.29 is 23.5 Å². The van der Waals surface area contributed by atoms with Crippen molar-refractivity contribution in [2.45, 2.75) is 52.6 Å². The van der Waals surface area contributed by atoms with E-state index in [1.165, 1.54) is 18.2 Å². The van der Waals surface area contributed by atoms with Crippen LogP contribution in [0.15, 0.2) is 18.2 Å². The second kappa shape index (κ2) is 9.36. The molecule has 144 valence electrons. The number of carbonyl (C=O) groups excluding carboxylic acids is 2. The molecule has 0 aliphatic heterocycles. The molecule has 1 aromatic rings. The zero-order valence-electron chi connectivity index (χ0n) is 15.5. The van der Waals surface area contributed by atoms with Crippen LogP contribution in [-0.2, 0) is 25.5 Å². The van der Waals surface area contributed by atoms with Gasteiger partial charge in [0.05, 0.1) is 6.42 Å². The van der Waals surface area contributed by atoms with Crippen molar-refractivity contribution >= 4 is 23.5 Å². The number of esters is 2. The molecule has 0 N–H and O–H groups in total. The van der Waals surface area contributed by atoms with Gasteiger partial charge in [0.2, 0.25) is 0 Å². The highest BCUT2D eigenvalue weighted by Crippen LogP contribution is 2.35. The van der Waals surface area contributed by atoms with Gasteiger partial charge >= 0.3 is 11.9 Å². The molecular formula is C20H26ClFO4.